The summed E-state index contributed by atoms with van der Waals surface area (Å²) in [7, 11) is 1.88. The van der Waals surface area contributed by atoms with Crippen LogP contribution < -0.4 is 16.0 Å². The first-order valence-electron chi connectivity index (χ1n) is 32.0. The highest BCUT2D eigenvalue weighted by Gasteiger charge is 2.26. The van der Waals surface area contributed by atoms with Gasteiger partial charge >= 0.3 is 0 Å². The molecule has 102 heavy (non-hydrogen) atoms. The Hall–Kier alpha value is -9.87. The number of likely N-dealkylation sites (tertiary alicyclic amines) is 2. The van der Waals surface area contributed by atoms with E-state index >= 15 is 0 Å². The number of piperidine rings is 1. The number of nitrogens with zero attached hydrogens (tertiary/aromatic N) is 7. The van der Waals surface area contributed by atoms with E-state index < -0.39 is 52.5 Å². The Balaban J connectivity index is 0.000000165. The SMILES string of the molecule is CN1CCN=C1c1ccc(C(=O)Cc2ccc(Cl)cc2C(=O)Nc2ccc(Cl)cn2)c(F)c1.N=C(c1ccc(C(=O)Cc2ccc(Cl)cc2C(=O)Nc2ccc(Cl)cn2)c(F)c1)N1CCCC1.N=C(c1ccc(C(=O)Cc2ccc(Cl)cc2C(=O)Nc2ccc(Cl)cn2)c(F)c1)N1CCCCC1. The van der Waals surface area contributed by atoms with Crippen molar-refractivity contribution < 1.29 is 41.9 Å². The molecule has 3 aromatic heterocycles. The molecular formula is C75H63Cl6F3N12O6. The van der Waals surface area contributed by atoms with Crippen molar-refractivity contribution in [3.05, 3.63) is 279 Å². The first-order chi connectivity index (χ1) is 48.9. The number of pyridine rings is 3. The molecule has 6 aromatic carbocycles. The zero-order valence-electron chi connectivity index (χ0n) is 54.5. The Bertz CT molecular complexity index is 4730. The zero-order chi connectivity index (χ0) is 72.7. The number of hydrogen-bond acceptors (Lipinski definition) is 13. The van der Waals surface area contributed by atoms with E-state index in [9.17, 15) is 41.9 Å². The van der Waals surface area contributed by atoms with E-state index in [1.54, 1.807) is 91.0 Å². The highest BCUT2D eigenvalue weighted by Crippen LogP contribution is 2.28. The smallest absolute Gasteiger partial charge is 0.257 e. The molecule has 2 fully saturated rings. The first-order valence-corrected chi connectivity index (χ1v) is 34.3. The van der Waals surface area contributed by atoms with Gasteiger partial charge in [0.25, 0.3) is 17.7 Å². The Morgan fingerprint density at radius 3 is 1.05 bits per heavy atom. The van der Waals surface area contributed by atoms with Crippen molar-refractivity contribution in [2.45, 2.75) is 51.4 Å². The van der Waals surface area contributed by atoms with Crippen LogP contribution in [0.25, 0.3) is 0 Å². The van der Waals surface area contributed by atoms with Gasteiger partial charge in [-0.25, -0.2) is 28.1 Å². The first kappa shape index (κ1) is 74.8. The largest absolute Gasteiger partial charge is 0.358 e. The molecule has 27 heteroatoms. The van der Waals surface area contributed by atoms with Crippen molar-refractivity contribution in [1.29, 1.82) is 10.8 Å². The average Bonchev–Trinajstić information content (AvgIpc) is 1.31. The molecule has 12 rings (SSSR count). The number of Topliss-reactive ketones (excluding diaryl/α,β-unsaturated/α-hetero) is 3. The second-order valence-corrected chi connectivity index (χ2v) is 26.4. The molecule has 522 valence electrons. The Labute approximate surface area is 615 Å². The minimum absolute atomic E-state index is 0.0549. The minimum Gasteiger partial charge on any atom is -0.358 e. The number of likely N-dealkylation sites (N-methyl/N-ethyl adjacent to an activating group) is 1. The van der Waals surface area contributed by atoms with Gasteiger partial charge in [-0.05, 0) is 158 Å². The van der Waals surface area contributed by atoms with Crippen LogP contribution in [0.15, 0.2) is 169 Å². The lowest BCUT2D eigenvalue weighted by Gasteiger charge is -2.29. The fourth-order valence-electron chi connectivity index (χ4n) is 11.4. The van der Waals surface area contributed by atoms with Crippen LogP contribution in [0.3, 0.4) is 0 Å². The Morgan fingerprint density at radius 2 is 0.735 bits per heavy atom. The van der Waals surface area contributed by atoms with Gasteiger partial charge in [-0.2, -0.15) is 0 Å². The van der Waals surface area contributed by atoms with Crippen molar-refractivity contribution >= 4 is 140 Å². The lowest BCUT2D eigenvalue weighted by Crippen LogP contribution is -2.35. The summed E-state index contributed by atoms with van der Waals surface area (Å²) < 4.78 is 44.6. The van der Waals surface area contributed by atoms with Gasteiger partial charge in [0.15, 0.2) is 17.3 Å². The van der Waals surface area contributed by atoms with E-state index in [1.165, 1.54) is 73.2 Å². The summed E-state index contributed by atoms with van der Waals surface area (Å²) in [4.78, 5) is 99.6. The monoisotopic (exact) mass is 1490 g/mol. The summed E-state index contributed by atoms with van der Waals surface area (Å²) in [6.45, 7) is 4.51. The third-order valence-electron chi connectivity index (χ3n) is 16.7. The molecule has 0 atom stereocenters. The topological polar surface area (TPSA) is 247 Å². The van der Waals surface area contributed by atoms with Crippen LogP contribution in [0.4, 0.5) is 30.6 Å². The van der Waals surface area contributed by atoms with Crippen molar-refractivity contribution in [3.8, 4) is 0 Å². The maximum atomic E-state index is 14.9. The van der Waals surface area contributed by atoms with Gasteiger partial charge in [-0.3, -0.25) is 44.6 Å². The normalized spacial score (nSPS) is 13.2. The van der Waals surface area contributed by atoms with Crippen LogP contribution in [0.5, 0.6) is 0 Å². The molecule has 3 aliphatic rings. The quantitative estimate of drug-likeness (QED) is 0.0306. The molecule has 6 heterocycles. The summed E-state index contributed by atoms with van der Waals surface area (Å²) in [6, 6.07) is 36.1. The maximum absolute atomic E-state index is 14.9. The van der Waals surface area contributed by atoms with Gasteiger partial charge in [0.2, 0.25) is 0 Å². The third-order valence-corrected chi connectivity index (χ3v) is 18.1. The number of hydrogen-bond donors (Lipinski definition) is 5. The van der Waals surface area contributed by atoms with Crippen molar-refractivity contribution in [2.75, 3.05) is 62.3 Å². The summed E-state index contributed by atoms with van der Waals surface area (Å²) in [5, 5.41) is 26.9. The predicted octanol–water partition coefficient (Wildman–Crippen LogP) is 16.5. The fraction of sp³-hybridized carbons (Fsp3) is 0.200. The summed E-state index contributed by atoms with van der Waals surface area (Å²) in [6.07, 6.45) is 8.78. The van der Waals surface area contributed by atoms with Gasteiger partial charge in [-0.1, -0.05) is 106 Å². The van der Waals surface area contributed by atoms with E-state index in [0.29, 0.717) is 81.7 Å². The average molecular weight is 1500 g/mol. The molecule has 0 radical (unpaired) electrons. The van der Waals surface area contributed by atoms with Crippen molar-refractivity contribution in [2.24, 2.45) is 4.99 Å². The lowest BCUT2D eigenvalue weighted by atomic mass is 9.97. The number of amides is 3. The number of carbonyl (C=O) groups is 6. The van der Waals surface area contributed by atoms with E-state index in [4.69, 9.17) is 80.4 Å². The molecule has 0 spiro atoms. The molecule has 3 amide bonds. The standard InChI is InChI=1S/C26H23Cl2FN4O2.C25H21Cl2FN4O2.C24H19Cl2FN4O2/c27-18-6-4-16(21(14-18)26(35)32-24-9-7-19(28)15-31-24)13-23(34)20-8-5-17(12-22(20)29)25(30)33-10-2-1-3-11-33;26-17-5-3-15(20(13-17)25(34)31-23-8-6-18(27)14-30-23)12-22(33)19-7-4-16(11-21(19)28)24(29)32-9-1-2-10-32;1-31-9-8-28-23(31)15-3-6-18(20(27)10-15)21(32)11-14-2-4-16(25)12-19(14)24(33)30-22-7-5-17(26)13-29-22/h4-9,12,14-15,30H,1-3,10-11,13H2,(H,31,32,35);3-8,11,13-14,29H,1-2,9-10,12H2,(H,30,31,34);2-7,10,12-13H,8-9,11H2,1H3,(H,29,30,33). The molecule has 9 aromatic rings. The summed E-state index contributed by atoms with van der Waals surface area (Å²) in [5.41, 5.74) is 3.01. The van der Waals surface area contributed by atoms with Crippen molar-refractivity contribution in [3.63, 3.8) is 0 Å². The summed E-state index contributed by atoms with van der Waals surface area (Å²) >= 11 is 35.7. The van der Waals surface area contributed by atoms with Gasteiger partial charge in [0.1, 0.15) is 52.4 Å². The van der Waals surface area contributed by atoms with Crippen LogP contribution in [-0.2, 0) is 19.3 Å². The third kappa shape index (κ3) is 19.6. The van der Waals surface area contributed by atoms with Crippen LogP contribution >= 0.6 is 69.6 Å². The Morgan fingerprint density at radius 1 is 0.402 bits per heavy atom. The number of carbonyl (C=O) groups excluding carboxylic acids is 6. The van der Waals surface area contributed by atoms with Crippen molar-refractivity contribution in [1.82, 2.24) is 29.7 Å². The number of anilines is 3. The molecule has 0 bridgehead atoms. The lowest BCUT2D eigenvalue weighted by molar-refractivity contribution is 0.0976. The van der Waals surface area contributed by atoms with Gasteiger partial charge < -0.3 is 30.7 Å². The van der Waals surface area contributed by atoms with Gasteiger partial charge in [0, 0.05) is 126 Å². The number of aromatic nitrogens is 3. The summed E-state index contributed by atoms with van der Waals surface area (Å²) in [5.74, 6) is -2.88. The van der Waals surface area contributed by atoms with Gasteiger partial charge in [-0.15, -0.1) is 0 Å². The Kier molecular flexibility index (Phi) is 25.4. The van der Waals surface area contributed by atoms with Crippen LogP contribution in [-0.4, -0.2) is 129 Å². The van der Waals surface area contributed by atoms with Crippen LogP contribution in [0.1, 0.15) is 128 Å². The second-order valence-electron chi connectivity index (χ2n) is 23.8. The molecular weight excluding hydrogens is 1430 g/mol. The number of aliphatic imine (C=N–C) groups is 1. The van der Waals surface area contributed by atoms with E-state index in [0.717, 1.165) is 64.8 Å². The number of halogens is 9. The van der Waals surface area contributed by atoms with E-state index in [2.05, 4.69) is 35.9 Å². The highest BCUT2D eigenvalue weighted by molar-refractivity contribution is 6.33. The molecule has 0 unspecified atom stereocenters. The molecule has 3 aliphatic heterocycles. The molecule has 0 saturated carbocycles. The zero-order valence-corrected chi connectivity index (χ0v) is 59.0. The van der Waals surface area contributed by atoms with Crippen LogP contribution in [0, 0.1) is 28.3 Å². The number of ketones is 3. The minimum atomic E-state index is -0.697. The van der Waals surface area contributed by atoms with E-state index in [-0.39, 0.29) is 76.0 Å². The molecule has 2 saturated heterocycles. The molecule has 5 N–H and O–H groups in total. The number of nitrogens with one attached hydrogen (secondary N) is 5. The molecule has 18 nitrogen and oxygen atoms in total. The number of benzene rings is 6. The van der Waals surface area contributed by atoms with Gasteiger partial charge in [0.05, 0.1) is 38.3 Å². The fourth-order valence-corrected chi connectivity index (χ4v) is 12.2. The number of amidine groups is 3. The second kappa shape index (κ2) is 34.7. The maximum Gasteiger partial charge on any atom is 0.257 e. The number of rotatable bonds is 18. The van der Waals surface area contributed by atoms with Crippen LogP contribution in [0.2, 0.25) is 30.1 Å². The highest BCUT2D eigenvalue weighted by atomic mass is 35.5. The van der Waals surface area contributed by atoms with E-state index in [1.807, 2.05) is 21.7 Å². The predicted molar refractivity (Wildman–Crippen MR) is 393 cm³/mol. The molecule has 0 aliphatic carbocycles.